The first-order valence-corrected chi connectivity index (χ1v) is 6.45. The van der Waals surface area contributed by atoms with E-state index in [1.807, 2.05) is 0 Å². The van der Waals surface area contributed by atoms with Gasteiger partial charge in [-0.1, -0.05) is 0 Å². The smallest absolute Gasteiger partial charge is 0.335 e. The van der Waals surface area contributed by atoms with Crippen LogP contribution in [0.25, 0.3) is 0 Å². The topological polar surface area (TPSA) is 83.5 Å². The summed E-state index contributed by atoms with van der Waals surface area (Å²) in [5, 5.41) is 8.17. The van der Waals surface area contributed by atoms with Gasteiger partial charge in [0.05, 0.1) is 11.3 Å². The molecule has 1 aromatic carbocycles. The Morgan fingerprint density at radius 2 is 2.12 bits per heavy atom. The Bertz CT molecular complexity index is 512. The van der Waals surface area contributed by atoms with Crippen molar-refractivity contribution in [2.24, 2.45) is 0 Å². The molecule has 0 atom stereocenters. The third kappa shape index (κ3) is 3.11. The molecule has 0 amide bonds. The third-order valence-corrected chi connectivity index (χ3v) is 3.56. The molecule has 88 valence electrons. The molecule has 0 aliphatic rings. The molecule has 0 aliphatic carbocycles. The lowest BCUT2D eigenvalue weighted by Crippen LogP contribution is -2.14. The molecule has 0 bridgehead atoms. The number of sulfonamides is 1. The first-order chi connectivity index (χ1) is 7.35. The SMILES string of the molecule is Cc1cc(C(=O)O)ccc1NS(=O)(=O)CCl. The van der Waals surface area contributed by atoms with Crippen molar-refractivity contribution in [1.29, 1.82) is 0 Å². The lowest BCUT2D eigenvalue weighted by Gasteiger charge is -2.08. The molecule has 0 spiro atoms. The maximum atomic E-state index is 11.2. The van der Waals surface area contributed by atoms with Crippen molar-refractivity contribution in [3.63, 3.8) is 0 Å². The van der Waals surface area contributed by atoms with Gasteiger partial charge in [0, 0.05) is 0 Å². The number of carboxylic acid groups (broad SMARTS) is 1. The second-order valence-corrected chi connectivity index (χ2v) is 5.47. The number of hydrogen-bond acceptors (Lipinski definition) is 3. The minimum absolute atomic E-state index is 0.103. The van der Waals surface area contributed by atoms with Gasteiger partial charge in [-0.25, -0.2) is 13.2 Å². The Labute approximate surface area is 98.1 Å². The van der Waals surface area contributed by atoms with Crippen LogP contribution in [-0.2, 0) is 10.0 Å². The van der Waals surface area contributed by atoms with Gasteiger partial charge in [-0.05, 0) is 30.7 Å². The highest BCUT2D eigenvalue weighted by Crippen LogP contribution is 2.18. The molecule has 0 radical (unpaired) electrons. The summed E-state index contributed by atoms with van der Waals surface area (Å²) in [6, 6.07) is 4.10. The Morgan fingerprint density at radius 3 is 2.56 bits per heavy atom. The van der Waals surface area contributed by atoms with Crippen molar-refractivity contribution in [3.8, 4) is 0 Å². The number of halogens is 1. The molecule has 5 nitrogen and oxygen atoms in total. The molecular weight excluding hydrogens is 254 g/mol. The molecular formula is C9H10ClNO4S. The lowest BCUT2D eigenvalue weighted by molar-refractivity contribution is 0.0697. The standard InChI is InChI=1S/C9H10ClNO4S/c1-6-4-7(9(12)13)2-3-8(6)11-16(14,15)5-10/h2-4,11H,5H2,1H3,(H,12,13). The predicted molar refractivity (Wildman–Crippen MR) is 61.4 cm³/mol. The summed E-state index contributed by atoms with van der Waals surface area (Å²) in [4.78, 5) is 10.6. The van der Waals surface area contributed by atoms with Gasteiger partial charge in [0.1, 0.15) is 5.21 Å². The number of hydrogen-bond donors (Lipinski definition) is 2. The van der Waals surface area contributed by atoms with Gasteiger partial charge >= 0.3 is 5.97 Å². The fourth-order valence-corrected chi connectivity index (χ4v) is 1.89. The van der Waals surface area contributed by atoms with Crippen molar-refractivity contribution in [2.45, 2.75) is 6.92 Å². The summed E-state index contributed by atoms with van der Waals surface area (Å²) < 4.78 is 24.6. The van der Waals surface area contributed by atoms with Gasteiger partial charge in [0.25, 0.3) is 0 Å². The van der Waals surface area contributed by atoms with E-state index in [1.54, 1.807) is 6.92 Å². The highest BCUT2D eigenvalue weighted by Gasteiger charge is 2.11. The molecule has 16 heavy (non-hydrogen) atoms. The van der Waals surface area contributed by atoms with Crippen LogP contribution in [-0.4, -0.2) is 24.7 Å². The zero-order chi connectivity index (χ0) is 12.3. The quantitative estimate of drug-likeness (QED) is 0.809. The zero-order valence-corrected chi connectivity index (χ0v) is 9.97. The fourth-order valence-electron chi connectivity index (χ4n) is 1.11. The van der Waals surface area contributed by atoms with Gasteiger partial charge in [0.15, 0.2) is 0 Å². The average Bonchev–Trinajstić information content (AvgIpc) is 2.20. The minimum Gasteiger partial charge on any atom is -0.478 e. The summed E-state index contributed by atoms with van der Waals surface area (Å²) in [7, 11) is -3.56. The predicted octanol–water partition coefficient (Wildman–Crippen LogP) is 1.63. The molecule has 0 saturated carbocycles. The fraction of sp³-hybridized carbons (Fsp3) is 0.222. The minimum atomic E-state index is -3.56. The summed E-state index contributed by atoms with van der Waals surface area (Å²) in [5.41, 5.74) is 0.950. The maximum absolute atomic E-state index is 11.2. The van der Waals surface area contributed by atoms with Crippen LogP contribution in [0.5, 0.6) is 0 Å². The van der Waals surface area contributed by atoms with E-state index < -0.39 is 21.2 Å². The normalized spacial score (nSPS) is 11.1. The van der Waals surface area contributed by atoms with E-state index in [2.05, 4.69) is 4.72 Å². The second-order valence-electron chi connectivity index (χ2n) is 3.16. The van der Waals surface area contributed by atoms with E-state index >= 15 is 0 Å². The number of aromatic carboxylic acids is 1. The average molecular weight is 264 g/mol. The molecule has 0 fully saturated rings. The molecule has 7 heteroatoms. The number of carboxylic acids is 1. The van der Waals surface area contributed by atoms with Gasteiger partial charge in [-0.2, -0.15) is 0 Å². The van der Waals surface area contributed by atoms with Gasteiger partial charge in [0.2, 0.25) is 10.0 Å². The van der Waals surface area contributed by atoms with Gasteiger partial charge in [-0.15, -0.1) is 11.6 Å². The largest absolute Gasteiger partial charge is 0.478 e. The van der Waals surface area contributed by atoms with E-state index in [1.165, 1.54) is 18.2 Å². The van der Waals surface area contributed by atoms with Crippen LogP contribution >= 0.6 is 11.6 Å². The van der Waals surface area contributed by atoms with Crippen LogP contribution in [0, 0.1) is 6.92 Å². The van der Waals surface area contributed by atoms with E-state index in [4.69, 9.17) is 16.7 Å². The molecule has 0 unspecified atom stereocenters. The lowest BCUT2D eigenvalue weighted by atomic mass is 10.1. The molecule has 2 N–H and O–H groups in total. The van der Waals surface area contributed by atoms with Crippen molar-refractivity contribution >= 4 is 33.3 Å². The zero-order valence-electron chi connectivity index (χ0n) is 8.40. The first kappa shape index (κ1) is 12.8. The number of nitrogens with one attached hydrogen (secondary N) is 1. The van der Waals surface area contributed by atoms with E-state index in [-0.39, 0.29) is 5.56 Å². The Morgan fingerprint density at radius 1 is 1.50 bits per heavy atom. The van der Waals surface area contributed by atoms with Crippen LogP contribution in [0.4, 0.5) is 5.69 Å². The number of anilines is 1. The van der Waals surface area contributed by atoms with Crippen molar-refractivity contribution in [2.75, 3.05) is 9.93 Å². The monoisotopic (exact) mass is 263 g/mol. The highest BCUT2D eigenvalue weighted by atomic mass is 35.5. The second kappa shape index (κ2) is 4.71. The Kier molecular flexibility index (Phi) is 3.77. The van der Waals surface area contributed by atoms with E-state index in [0.717, 1.165) is 0 Å². The Balaban J connectivity index is 3.05. The summed E-state index contributed by atoms with van der Waals surface area (Å²) in [6.07, 6.45) is 0. The third-order valence-electron chi connectivity index (χ3n) is 1.88. The van der Waals surface area contributed by atoms with Gasteiger partial charge < -0.3 is 5.11 Å². The van der Waals surface area contributed by atoms with Crippen LogP contribution < -0.4 is 4.72 Å². The number of carbonyl (C=O) groups is 1. The van der Waals surface area contributed by atoms with Crippen molar-refractivity contribution in [3.05, 3.63) is 29.3 Å². The number of rotatable bonds is 4. The molecule has 0 heterocycles. The van der Waals surface area contributed by atoms with Crippen LogP contribution in [0.2, 0.25) is 0 Å². The number of alkyl halides is 1. The van der Waals surface area contributed by atoms with Crippen molar-refractivity contribution in [1.82, 2.24) is 0 Å². The van der Waals surface area contributed by atoms with E-state index in [9.17, 15) is 13.2 Å². The summed E-state index contributed by atoms with van der Waals surface area (Å²) >= 11 is 5.23. The molecule has 0 aliphatic heterocycles. The highest BCUT2D eigenvalue weighted by molar-refractivity contribution is 7.93. The van der Waals surface area contributed by atoms with Crippen LogP contribution in [0.3, 0.4) is 0 Å². The van der Waals surface area contributed by atoms with Crippen LogP contribution in [0.1, 0.15) is 15.9 Å². The molecule has 1 aromatic rings. The first-order valence-electron chi connectivity index (χ1n) is 4.26. The molecule has 0 aromatic heterocycles. The molecule has 0 saturated heterocycles. The molecule has 1 rings (SSSR count). The number of benzene rings is 1. The van der Waals surface area contributed by atoms with Crippen LogP contribution in [0.15, 0.2) is 18.2 Å². The Hall–Kier alpha value is -1.27. The van der Waals surface area contributed by atoms with Gasteiger partial charge in [-0.3, -0.25) is 4.72 Å². The van der Waals surface area contributed by atoms with Crippen molar-refractivity contribution < 1.29 is 18.3 Å². The summed E-state index contributed by atoms with van der Waals surface area (Å²) in [5.74, 6) is -1.06. The van der Waals surface area contributed by atoms with E-state index in [0.29, 0.717) is 11.3 Å². The summed E-state index contributed by atoms with van der Waals surface area (Å²) in [6.45, 7) is 1.61. The number of aryl methyl sites for hydroxylation is 1. The maximum Gasteiger partial charge on any atom is 0.335 e.